The number of carbonyl (C=O) groups is 1. The lowest BCUT2D eigenvalue weighted by molar-refractivity contribution is -0.139. The molecule has 5 heteroatoms. The van der Waals surface area contributed by atoms with Gasteiger partial charge in [-0.3, -0.25) is 4.79 Å². The minimum atomic E-state index is -1.30. The Hall–Kier alpha value is -2.24. The highest BCUT2D eigenvalue weighted by molar-refractivity contribution is 5.82. The van der Waals surface area contributed by atoms with Crippen molar-refractivity contribution in [3.05, 3.63) is 66.3 Å². The molecule has 1 heterocycles. The molecule has 1 aliphatic rings. The van der Waals surface area contributed by atoms with Gasteiger partial charge in [-0.1, -0.05) is 70.5 Å². The van der Waals surface area contributed by atoms with Crippen LogP contribution >= 0.6 is 0 Å². The maximum absolute atomic E-state index is 15.3. The number of rotatable bonds is 8. The van der Waals surface area contributed by atoms with Gasteiger partial charge in [-0.05, 0) is 54.4 Å². The summed E-state index contributed by atoms with van der Waals surface area (Å²) >= 11 is 0. The first-order valence-corrected chi connectivity index (χ1v) is 12.2. The van der Waals surface area contributed by atoms with Crippen molar-refractivity contribution >= 4 is 5.91 Å². The van der Waals surface area contributed by atoms with E-state index in [0.717, 1.165) is 30.4 Å². The molecule has 3 N–H and O–H groups in total. The number of piperidine rings is 1. The highest BCUT2D eigenvalue weighted by atomic mass is 19.1. The zero-order valence-electron chi connectivity index (χ0n) is 20.2. The summed E-state index contributed by atoms with van der Waals surface area (Å²) in [5.74, 6) is -0.626. The standard InChI is InChI=1S/C28H38FN2O2/c1-5-15-28(33,22-12-9-16-31(18-22)27(32)26(30)19(3)4)23-13-8-14-24(29)25(23)21-11-7-10-20(6-2)17-21/h7-8,10-11,13-14,17,19,22,26,33H,1,5-6,9,12,15-16,18,30H2,2-4H3/t22-,26+,28+/m1/s1. The molecule has 1 fully saturated rings. The second-order valence-electron chi connectivity index (χ2n) is 9.64. The largest absolute Gasteiger partial charge is 0.385 e. The van der Waals surface area contributed by atoms with E-state index in [-0.39, 0.29) is 23.6 Å². The number of amides is 1. The molecule has 0 aliphatic carbocycles. The Morgan fingerprint density at radius 2 is 2.03 bits per heavy atom. The van der Waals surface area contributed by atoms with Crippen LogP contribution in [-0.2, 0) is 16.8 Å². The van der Waals surface area contributed by atoms with E-state index in [1.54, 1.807) is 11.0 Å². The summed E-state index contributed by atoms with van der Waals surface area (Å²) in [6.07, 6.45) is 3.26. The molecule has 3 atom stereocenters. The zero-order chi connectivity index (χ0) is 24.2. The Morgan fingerprint density at radius 3 is 2.70 bits per heavy atom. The van der Waals surface area contributed by atoms with Gasteiger partial charge in [0.15, 0.2) is 0 Å². The molecule has 1 amide bonds. The Morgan fingerprint density at radius 1 is 1.30 bits per heavy atom. The maximum atomic E-state index is 15.3. The van der Waals surface area contributed by atoms with Crippen LogP contribution in [0.2, 0.25) is 0 Å². The third-order valence-electron chi connectivity index (χ3n) is 7.07. The third-order valence-corrected chi connectivity index (χ3v) is 7.07. The van der Waals surface area contributed by atoms with Crippen molar-refractivity contribution in [3.8, 4) is 11.1 Å². The Balaban J connectivity index is 2.05. The minimum absolute atomic E-state index is 0.0391. The van der Waals surface area contributed by atoms with E-state index in [4.69, 9.17) is 5.73 Å². The van der Waals surface area contributed by atoms with Gasteiger partial charge < -0.3 is 15.7 Å². The first-order valence-electron chi connectivity index (χ1n) is 12.2. The van der Waals surface area contributed by atoms with E-state index in [1.165, 1.54) is 6.07 Å². The first kappa shape index (κ1) is 25.4. The van der Waals surface area contributed by atoms with Crippen LogP contribution in [0.4, 0.5) is 4.39 Å². The van der Waals surface area contributed by atoms with Crippen molar-refractivity contribution in [3.63, 3.8) is 0 Å². The lowest BCUT2D eigenvalue weighted by Crippen LogP contribution is -2.53. The summed E-state index contributed by atoms with van der Waals surface area (Å²) in [5, 5.41) is 12.2. The molecule has 0 bridgehead atoms. The molecule has 1 radical (unpaired) electrons. The number of carbonyl (C=O) groups excluding carboxylic acids is 1. The molecule has 0 saturated carbocycles. The summed E-state index contributed by atoms with van der Waals surface area (Å²) in [6, 6.07) is 12.2. The van der Waals surface area contributed by atoms with Gasteiger partial charge in [0, 0.05) is 24.6 Å². The van der Waals surface area contributed by atoms with E-state index >= 15 is 4.39 Å². The summed E-state index contributed by atoms with van der Waals surface area (Å²) in [6.45, 7) is 11.0. The van der Waals surface area contributed by atoms with Gasteiger partial charge in [0.2, 0.25) is 5.91 Å². The molecule has 4 nitrogen and oxygen atoms in total. The molecule has 0 unspecified atom stereocenters. The molecular formula is C28H38FN2O2. The van der Waals surface area contributed by atoms with Gasteiger partial charge in [0.25, 0.3) is 0 Å². The van der Waals surface area contributed by atoms with Gasteiger partial charge in [0.1, 0.15) is 5.82 Å². The lowest BCUT2D eigenvalue weighted by Gasteiger charge is -2.44. The summed E-state index contributed by atoms with van der Waals surface area (Å²) in [4.78, 5) is 14.7. The molecule has 0 spiro atoms. The van der Waals surface area contributed by atoms with Crippen LogP contribution in [-0.4, -0.2) is 35.0 Å². The molecule has 2 aromatic rings. The number of nitrogens with two attached hydrogens (primary N) is 1. The highest BCUT2D eigenvalue weighted by Crippen LogP contribution is 2.44. The van der Waals surface area contributed by atoms with Crippen LogP contribution in [0.1, 0.15) is 57.6 Å². The van der Waals surface area contributed by atoms with Crippen molar-refractivity contribution < 1.29 is 14.3 Å². The van der Waals surface area contributed by atoms with Gasteiger partial charge in [-0.25, -0.2) is 4.39 Å². The number of halogens is 1. The molecule has 0 aromatic heterocycles. The summed E-state index contributed by atoms with van der Waals surface area (Å²) < 4.78 is 15.3. The number of hydrogen-bond donors (Lipinski definition) is 2. The predicted octanol–water partition coefficient (Wildman–Crippen LogP) is 5.08. The quantitative estimate of drug-likeness (QED) is 0.586. The first-order chi connectivity index (χ1) is 15.7. The number of aryl methyl sites for hydroxylation is 1. The van der Waals surface area contributed by atoms with Gasteiger partial charge in [0.05, 0.1) is 11.6 Å². The van der Waals surface area contributed by atoms with Crippen LogP contribution in [0.15, 0.2) is 42.5 Å². The summed E-state index contributed by atoms with van der Waals surface area (Å²) in [7, 11) is 0. The zero-order valence-corrected chi connectivity index (χ0v) is 20.2. The fourth-order valence-electron chi connectivity index (χ4n) is 5.02. The molecule has 33 heavy (non-hydrogen) atoms. The molecule has 1 saturated heterocycles. The van der Waals surface area contributed by atoms with Crippen LogP contribution in [0, 0.1) is 24.6 Å². The van der Waals surface area contributed by atoms with Gasteiger partial charge in [-0.2, -0.15) is 0 Å². The van der Waals surface area contributed by atoms with E-state index in [1.807, 2.05) is 44.2 Å². The number of aliphatic hydroxyl groups is 1. The molecule has 179 valence electrons. The number of likely N-dealkylation sites (tertiary alicyclic amines) is 1. The number of nitrogens with zero attached hydrogens (tertiary/aromatic N) is 1. The Bertz CT molecular complexity index is 961. The van der Waals surface area contributed by atoms with Crippen molar-refractivity contribution in [2.24, 2.45) is 17.6 Å². The molecule has 2 aromatic carbocycles. The van der Waals surface area contributed by atoms with Crippen LogP contribution in [0.25, 0.3) is 11.1 Å². The average Bonchev–Trinajstić information content (AvgIpc) is 2.83. The number of hydrogen-bond acceptors (Lipinski definition) is 3. The van der Waals surface area contributed by atoms with Crippen molar-refractivity contribution in [1.82, 2.24) is 4.90 Å². The van der Waals surface area contributed by atoms with E-state index < -0.39 is 11.6 Å². The molecule has 1 aliphatic heterocycles. The Kier molecular flexibility index (Phi) is 8.30. The normalized spacial score (nSPS) is 19.4. The van der Waals surface area contributed by atoms with E-state index in [2.05, 4.69) is 13.8 Å². The summed E-state index contributed by atoms with van der Waals surface area (Å²) in [5.41, 5.74) is 7.73. The average molecular weight is 454 g/mol. The third kappa shape index (κ3) is 5.30. The number of benzene rings is 2. The smallest absolute Gasteiger partial charge is 0.239 e. The van der Waals surface area contributed by atoms with Crippen molar-refractivity contribution in [2.45, 2.75) is 64.5 Å². The SMILES string of the molecule is [CH2]CC[C@@](O)(c1cccc(F)c1-c1cccc(CC)c1)[C@@H]1CCCN(C(=O)[C@@H](N)C(C)C)C1. The fourth-order valence-corrected chi connectivity index (χ4v) is 5.02. The van der Waals surface area contributed by atoms with E-state index in [0.29, 0.717) is 37.1 Å². The lowest BCUT2D eigenvalue weighted by atomic mass is 9.72. The van der Waals surface area contributed by atoms with Gasteiger partial charge >= 0.3 is 0 Å². The second kappa shape index (κ2) is 10.8. The monoisotopic (exact) mass is 453 g/mol. The second-order valence-corrected chi connectivity index (χ2v) is 9.64. The van der Waals surface area contributed by atoms with E-state index in [9.17, 15) is 9.90 Å². The van der Waals surface area contributed by atoms with Gasteiger partial charge in [-0.15, -0.1) is 0 Å². The predicted molar refractivity (Wildman–Crippen MR) is 132 cm³/mol. The van der Waals surface area contributed by atoms with Crippen molar-refractivity contribution in [1.29, 1.82) is 0 Å². The Labute approximate surface area is 198 Å². The molecular weight excluding hydrogens is 415 g/mol. The molecule has 3 rings (SSSR count). The van der Waals surface area contributed by atoms with Crippen LogP contribution in [0.3, 0.4) is 0 Å². The highest BCUT2D eigenvalue weighted by Gasteiger charge is 2.43. The van der Waals surface area contributed by atoms with Crippen LogP contribution in [0.5, 0.6) is 0 Å². The van der Waals surface area contributed by atoms with Crippen molar-refractivity contribution in [2.75, 3.05) is 13.1 Å². The minimum Gasteiger partial charge on any atom is -0.385 e. The maximum Gasteiger partial charge on any atom is 0.239 e. The fraction of sp³-hybridized carbons (Fsp3) is 0.500. The topological polar surface area (TPSA) is 66.6 Å². The van der Waals surface area contributed by atoms with Crippen LogP contribution < -0.4 is 5.73 Å².